The topological polar surface area (TPSA) is 24.5 Å². The third-order valence-corrected chi connectivity index (χ3v) is 4.58. The van der Waals surface area contributed by atoms with E-state index in [1.54, 1.807) is 0 Å². The highest BCUT2D eigenvalue weighted by Gasteiger charge is 2.28. The lowest BCUT2D eigenvalue weighted by Crippen LogP contribution is -2.48. The smallest absolute Gasteiger partial charge is 0.0612 e. The molecule has 3 nitrogen and oxygen atoms in total. The molecule has 2 fully saturated rings. The van der Waals surface area contributed by atoms with Crippen molar-refractivity contribution in [2.24, 2.45) is 5.92 Å². The van der Waals surface area contributed by atoms with Crippen molar-refractivity contribution in [1.29, 1.82) is 0 Å². The van der Waals surface area contributed by atoms with E-state index in [9.17, 15) is 0 Å². The highest BCUT2D eigenvalue weighted by Crippen LogP contribution is 2.23. The maximum absolute atomic E-state index is 5.87. The fraction of sp³-hybridized carbons (Fsp3) is 1.00. The number of nitrogens with one attached hydrogen (secondary N) is 1. The summed E-state index contributed by atoms with van der Waals surface area (Å²) < 4.78 is 5.87. The number of piperidine rings is 1. The zero-order valence-electron chi connectivity index (χ0n) is 12.3. The number of likely N-dealkylation sites (N-methyl/N-ethyl adjacent to an activating group) is 1. The van der Waals surface area contributed by atoms with E-state index in [2.05, 4.69) is 31.1 Å². The van der Waals surface area contributed by atoms with Crippen molar-refractivity contribution in [2.75, 3.05) is 26.7 Å². The second-order valence-corrected chi connectivity index (χ2v) is 6.42. The number of rotatable bonds is 4. The molecule has 0 spiro atoms. The highest BCUT2D eigenvalue weighted by molar-refractivity contribution is 4.83. The Bertz CT molecular complexity index is 239. The van der Waals surface area contributed by atoms with Gasteiger partial charge in [-0.2, -0.15) is 0 Å². The molecule has 1 N–H and O–H groups in total. The SMILES string of the molecule is CC(C)C1CC(N(C)CC2CCCCN2)CCO1. The molecule has 2 saturated heterocycles. The summed E-state index contributed by atoms with van der Waals surface area (Å²) in [6, 6.07) is 1.43. The van der Waals surface area contributed by atoms with Crippen LogP contribution < -0.4 is 5.32 Å². The first-order chi connectivity index (χ1) is 8.66. The summed E-state index contributed by atoms with van der Waals surface area (Å²) in [5.74, 6) is 0.647. The molecule has 3 unspecified atom stereocenters. The molecule has 0 aromatic rings. The van der Waals surface area contributed by atoms with Crippen LogP contribution in [0.25, 0.3) is 0 Å². The van der Waals surface area contributed by atoms with Crippen LogP contribution in [-0.2, 0) is 4.74 Å². The van der Waals surface area contributed by atoms with Gasteiger partial charge >= 0.3 is 0 Å². The van der Waals surface area contributed by atoms with Gasteiger partial charge in [0.05, 0.1) is 6.10 Å². The average Bonchev–Trinajstić information content (AvgIpc) is 2.40. The van der Waals surface area contributed by atoms with Gasteiger partial charge in [0.2, 0.25) is 0 Å². The molecule has 0 radical (unpaired) electrons. The molecule has 2 heterocycles. The Morgan fingerprint density at radius 3 is 2.78 bits per heavy atom. The van der Waals surface area contributed by atoms with Crippen LogP contribution in [0.5, 0.6) is 0 Å². The maximum Gasteiger partial charge on any atom is 0.0612 e. The second-order valence-electron chi connectivity index (χ2n) is 6.42. The van der Waals surface area contributed by atoms with E-state index in [0.717, 1.165) is 12.6 Å². The van der Waals surface area contributed by atoms with Gasteiger partial charge in [0.15, 0.2) is 0 Å². The Hall–Kier alpha value is -0.120. The number of hydrogen-bond acceptors (Lipinski definition) is 3. The third kappa shape index (κ3) is 3.94. The summed E-state index contributed by atoms with van der Waals surface area (Å²) in [5.41, 5.74) is 0. The summed E-state index contributed by atoms with van der Waals surface area (Å²) in [5, 5.41) is 3.65. The van der Waals surface area contributed by atoms with Gasteiger partial charge in [0.25, 0.3) is 0 Å². The average molecular weight is 254 g/mol. The van der Waals surface area contributed by atoms with Crippen LogP contribution in [0.15, 0.2) is 0 Å². The van der Waals surface area contributed by atoms with E-state index in [1.165, 1.54) is 45.2 Å². The van der Waals surface area contributed by atoms with Crippen LogP contribution in [0.2, 0.25) is 0 Å². The summed E-state index contributed by atoms with van der Waals surface area (Å²) in [4.78, 5) is 2.57. The molecule has 3 atom stereocenters. The molecule has 0 bridgehead atoms. The van der Waals surface area contributed by atoms with Crippen LogP contribution in [-0.4, -0.2) is 49.8 Å². The summed E-state index contributed by atoms with van der Waals surface area (Å²) in [6.45, 7) is 7.90. The van der Waals surface area contributed by atoms with Gasteiger partial charge in [-0.05, 0) is 45.2 Å². The van der Waals surface area contributed by atoms with Crippen molar-refractivity contribution in [3.05, 3.63) is 0 Å². The Kier molecular flexibility index (Phi) is 5.46. The molecule has 3 heteroatoms. The maximum atomic E-state index is 5.87. The molecule has 0 aliphatic carbocycles. The lowest BCUT2D eigenvalue weighted by molar-refractivity contribution is -0.0455. The van der Waals surface area contributed by atoms with Crippen LogP contribution in [0, 0.1) is 5.92 Å². The zero-order chi connectivity index (χ0) is 13.0. The van der Waals surface area contributed by atoms with Crippen molar-refractivity contribution in [1.82, 2.24) is 10.2 Å². The highest BCUT2D eigenvalue weighted by atomic mass is 16.5. The predicted molar refractivity (Wildman–Crippen MR) is 75.9 cm³/mol. The first-order valence-electron chi connectivity index (χ1n) is 7.72. The van der Waals surface area contributed by atoms with E-state index in [0.29, 0.717) is 18.1 Å². The van der Waals surface area contributed by atoms with Gasteiger partial charge < -0.3 is 15.0 Å². The predicted octanol–water partition coefficient (Wildman–Crippen LogP) is 2.26. The van der Waals surface area contributed by atoms with Gasteiger partial charge in [-0.15, -0.1) is 0 Å². The van der Waals surface area contributed by atoms with Gasteiger partial charge in [-0.3, -0.25) is 0 Å². The first-order valence-corrected chi connectivity index (χ1v) is 7.72. The van der Waals surface area contributed by atoms with Crippen LogP contribution in [0.1, 0.15) is 46.0 Å². The molecule has 2 rings (SSSR count). The second kappa shape index (κ2) is 6.88. The van der Waals surface area contributed by atoms with E-state index < -0.39 is 0 Å². The third-order valence-electron chi connectivity index (χ3n) is 4.58. The van der Waals surface area contributed by atoms with E-state index in [4.69, 9.17) is 4.74 Å². The van der Waals surface area contributed by atoms with Crippen molar-refractivity contribution in [3.8, 4) is 0 Å². The molecule has 2 aliphatic heterocycles. The lowest BCUT2D eigenvalue weighted by Gasteiger charge is -2.39. The minimum atomic E-state index is 0.463. The summed E-state index contributed by atoms with van der Waals surface area (Å²) in [7, 11) is 2.30. The van der Waals surface area contributed by atoms with Crippen molar-refractivity contribution < 1.29 is 4.74 Å². The van der Waals surface area contributed by atoms with Gasteiger partial charge in [-0.25, -0.2) is 0 Å². The van der Waals surface area contributed by atoms with Crippen molar-refractivity contribution in [3.63, 3.8) is 0 Å². The Morgan fingerprint density at radius 2 is 2.11 bits per heavy atom. The zero-order valence-corrected chi connectivity index (χ0v) is 12.3. The van der Waals surface area contributed by atoms with Crippen LogP contribution in [0.3, 0.4) is 0 Å². The fourth-order valence-electron chi connectivity index (χ4n) is 3.25. The molecule has 18 heavy (non-hydrogen) atoms. The number of hydrogen-bond donors (Lipinski definition) is 1. The Labute approximate surface area is 112 Å². The molecular formula is C15H30N2O. The molecular weight excluding hydrogens is 224 g/mol. The quantitative estimate of drug-likeness (QED) is 0.833. The largest absolute Gasteiger partial charge is 0.378 e. The number of ether oxygens (including phenoxy) is 1. The minimum Gasteiger partial charge on any atom is -0.378 e. The monoisotopic (exact) mass is 254 g/mol. The summed E-state index contributed by atoms with van der Waals surface area (Å²) in [6.07, 6.45) is 6.97. The standard InChI is InChI=1S/C15H30N2O/c1-12(2)15-10-14(7-9-18-15)17(3)11-13-6-4-5-8-16-13/h12-16H,4-11H2,1-3H3. The van der Waals surface area contributed by atoms with Gasteiger partial charge in [0, 0.05) is 25.2 Å². The van der Waals surface area contributed by atoms with Crippen molar-refractivity contribution >= 4 is 0 Å². The fourth-order valence-corrected chi connectivity index (χ4v) is 3.25. The van der Waals surface area contributed by atoms with E-state index in [1.807, 2.05) is 0 Å². The Balaban J connectivity index is 1.78. The van der Waals surface area contributed by atoms with Crippen LogP contribution in [0.4, 0.5) is 0 Å². The van der Waals surface area contributed by atoms with E-state index in [-0.39, 0.29) is 0 Å². The molecule has 0 aromatic carbocycles. The number of nitrogens with zero attached hydrogens (tertiary/aromatic N) is 1. The molecule has 0 aromatic heterocycles. The summed E-state index contributed by atoms with van der Waals surface area (Å²) >= 11 is 0. The lowest BCUT2D eigenvalue weighted by atomic mass is 9.94. The molecule has 2 aliphatic rings. The van der Waals surface area contributed by atoms with Gasteiger partial charge in [-0.1, -0.05) is 20.3 Å². The first kappa shape index (κ1) is 14.3. The molecule has 0 saturated carbocycles. The van der Waals surface area contributed by atoms with Crippen LogP contribution >= 0.6 is 0 Å². The minimum absolute atomic E-state index is 0.463. The molecule has 106 valence electrons. The van der Waals surface area contributed by atoms with E-state index >= 15 is 0 Å². The van der Waals surface area contributed by atoms with Crippen molar-refractivity contribution in [2.45, 2.75) is 64.1 Å². The Morgan fingerprint density at radius 1 is 1.28 bits per heavy atom. The normalized spacial score (nSPS) is 34.2. The molecule has 0 amide bonds. The van der Waals surface area contributed by atoms with Gasteiger partial charge in [0.1, 0.15) is 0 Å².